The van der Waals surface area contributed by atoms with Crippen LogP contribution in [0.15, 0.2) is 21.6 Å². The fourth-order valence-corrected chi connectivity index (χ4v) is 2.70. The van der Waals surface area contributed by atoms with E-state index in [9.17, 15) is 13.2 Å². The van der Waals surface area contributed by atoms with Crippen LogP contribution in [0.3, 0.4) is 0 Å². The van der Waals surface area contributed by atoms with Crippen molar-refractivity contribution in [3.05, 3.63) is 17.9 Å². The Kier molecular flexibility index (Phi) is 4.46. The largest absolute Gasteiger partial charge is 0.438 e. The molecule has 2 atom stereocenters. The Hall–Kier alpha value is -1.38. The molecule has 0 unspecified atom stereocenters. The van der Waals surface area contributed by atoms with Crippen LogP contribution in [0.2, 0.25) is 0 Å². The Morgan fingerprint density at radius 2 is 2.20 bits per heavy atom. The molecule has 7 nitrogen and oxygen atoms in total. The predicted molar refractivity (Wildman–Crippen MR) is 70.9 cm³/mol. The van der Waals surface area contributed by atoms with Gasteiger partial charge in [-0.1, -0.05) is 0 Å². The third kappa shape index (κ3) is 3.20. The molecule has 2 N–H and O–H groups in total. The lowest BCUT2D eigenvalue weighted by Gasteiger charge is -2.19. The van der Waals surface area contributed by atoms with Gasteiger partial charge in [0.15, 0.2) is 5.76 Å². The van der Waals surface area contributed by atoms with Crippen LogP contribution in [0.1, 0.15) is 30.3 Å². The summed E-state index contributed by atoms with van der Waals surface area (Å²) in [6.07, 6.45) is 1.88. The van der Waals surface area contributed by atoms with Crippen LogP contribution in [-0.2, 0) is 14.8 Å². The average Bonchev–Trinajstić information content (AvgIpc) is 3.10. The van der Waals surface area contributed by atoms with Gasteiger partial charge in [0.2, 0.25) is 5.09 Å². The van der Waals surface area contributed by atoms with Crippen molar-refractivity contribution in [2.75, 3.05) is 13.7 Å². The number of carbonyl (C=O) groups is 1. The molecule has 2 rings (SSSR count). The van der Waals surface area contributed by atoms with Crippen LogP contribution in [0.4, 0.5) is 0 Å². The number of sulfonamides is 1. The predicted octanol–water partition coefficient (Wildman–Crippen LogP) is 0.485. The first-order chi connectivity index (χ1) is 9.44. The number of furan rings is 1. The van der Waals surface area contributed by atoms with Crippen LogP contribution in [0, 0.1) is 0 Å². The summed E-state index contributed by atoms with van der Waals surface area (Å²) in [6.45, 7) is 2.55. The Morgan fingerprint density at radius 1 is 1.45 bits per heavy atom. The summed E-state index contributed by atoms with van der Waals surface area (Å²) in [7, 11) is -2.40. The monoisotopic (exact) mass is 302 g/mol. The van der Waals surface area contributed by atoms with Crippen LogP contribution in [-0.4, -0.2) is 40.1 Å². The van der Waals surface area contributed by atoms with Crippen LogP contribution < -0.4 is 10.0 Å². The van der Waals surface area contributed by atoms with Gasteiger partial charge in [0.1, 0.15) is 0 Å². The van der Waals surface area contributed by atoms with Crippen molar-refractivity contribution < 1.29 is 22.4 Å². The van der Waals surface area contributed by atoms with E-state index in [-0.39, 0.29) is 23.0 Å². The number of hydrogen-bond donors (Lipinski definition) is 2. The summed E-state index contributed by atoms with van der Waals surface area (Å²) in [5, 5.41) is 2.47. The van der Waals surface area contributed by atoms with E-state index >= 15 is 0 Å². The minimum Gasteiger partial charge on any atom is -0.438 e. The molecule has 0 radical (unpaired) electrons. The summed E-state index contributed by atoms with van der Waals surface area (Å²) in [5.74, 6) is -0.491. The van der Waals surface area contributed by atoms with Gasteiger partial charge in [-0.2, -0.15) is 0 Å². The Labute approximate surface area is 117 Å². The molecule has 0 saturated carbocycles. The van der Waals surface area contributed by atoms with E-state index in [4.69, 9.17) is 9.15 Å². The molecule has 0 spiro atoms. The molecule has 1 aromatic rings. The van der Waals surface area contributed by atoms with Gasteiger partial charge < -0.3 is 14.5 Å². The van der Waals surface area contributed by atoms with Crippen molar-refractivity contribution >= 4 is 15.9 Å². The highest BCUT2D eigenvalue weighted by Crippen LogP contribution is 2.17. The maximum absolute atomic E-state index is 12.0. The van der Waals surface area contributed by atoms with Crippen molar-refractivity contribution in [1.82, 2.24) is 10.0 Å². The zero-order chi connectivity index (χ0) is 14.8. The molecular weight excluding hydrogens is 284 g/mol. The molecule has 0 bridgehead atoms. The lowest BCUT2D eigenvalue weighted by Crippen LogP contribution is -2.40. The molecule has 0 aromatic carbocycles. The number of carbonyl (C=O) groups excluding carboxylic acids is 1. The first-order valence-corrected chi connectivity index (χ1v) is 7.88. The van der Waals surface area contributed by atoms with E-state index < -0.39 is 15.9 Å². The average molecular weight is 302 g/mol. The van der Waals surface area contributed by atoms with Gasteiger partial charge in [-0.25, -0.2) is 13.1 Å². The van der Waals surface area contributed by atoms with Crippen molar-refractivity contribution in [2.24, 2.45) is 0 Å². The summed E-state index contributed by atoms with van der Waals surface area (Å²) >= 11 is 0. The fraction of sp³-hybridized carbons (Fsp3) is 0.583. The lowest BCUT2D eigenvalue weighted by molar-refractivity contribution is 0.0693. The number of ether oxygens (including phenoxy) is 1. The Balaban J connectivity index is 2.03. The molecule has 0 aliphatic carbocycles. The Morgan fingerprint density at radius 3 is 2.80 bits per heavy atom. The van der Waals surface area contributed by atoms with Crippen LogP contribution in [0.5, 0.6) is 0 Å². The van der Waals surface area contributed by atoms with E-state index in [1.807, 2.05) is 6.92 Å². The molecule has 1 aliphatic heterocycles. The molecule has 1 aromatic heterocycles. The molecule has 112 valence electrons. The molecule has 1 aliphatic rings. The highest BCUT2D eigenvalue weighted by Gasteiger charge is 2.26. The van der Waals surface area contributed by atoms with Crippen molar-refractivity contribution in [1.29, 1.82) is 0 Å². The second kappa shape index (κ2) is 5.94. The highest BCUT2D eigenvalue weighted by atomic mass is 32.2. The standard InChI is InChI=1S/C12H18N2O5S/c1-8(9-4-3-7-18-9)14-12(15)10-5-6-11(19-10)20(16,17)13-2/h5-6,8-9,13H,3-4,7H2,1-2H3,(H,14,15)/t8-,9-/m1/s1. The molecule has 1 saturated heterocycles. The quantitative estimate of drug-likeness (QED) is 0.824. The number of rotatable bonds is 5. The van der Waals surface area contributed by atoms with Crippen LogP contribution in [0.25, 0.3) is 0 Å². The highest BCUT2D eigenvalue weighted by molar-refractivity contribution is 7.89. The summed E-state index contributed by atoms with van der Waals surface area (Å²) in [5.41, 5.74) is 0. The van der Waals surface area contributed by atoms with Gasteiger partial charge in [0.25, 0.3) is 15.9 Å². The van der Waals surface area contributed by atoms with E-state index in [0.717, 1.165) is 12.8 Å². The topological polar surface area (TPSA) is 97.6 Å². The normalized spacial score (nSPS) is 20.8. The zero-order valence-electron chi connectivity index (χ0n) is 11.4. The second-order valence-corrected chi connectivity index (χ2v) is 6.46. The molecule has 20 heavy (non-hydrogen) atoms. The molecule has 2 heterocycles. The van der Waals surface area contributed by atoms with Gasteiger partial charge in [-0.15, -0.1) is 0 Å². The maximum atomic E-state index is 12.0. The van der Waals surface area contributed by atoms with Gasteiger partial charge in [0, 0.05) is 6.61 Å². The first-order valence-electron chi connectivity index (χ1n) is 6.40. The maximum Gasteiger partial charge on any atom is 0.287 e. The summed E-state index contributed by atoms with van der Waals surface area (Å²) in [6, 6.07) is 2.43. The second-order valence-electron chi connectivity index (χ2n) is 4.64. The summed E-state index contributed by atoms with van der Waals surface area (Å²) < 4.78 is 35.7. The fourth-order valence-electron chi connectivity index (χ4n) is 2.05. The van der Waals surface area contributed by atoms with Gasteiger partial charge >= 0.3 is 0 Å². The molecule has 8 heteroatoms. The van der Waals surface area contributed by atoms with Crippen molar-refractivity contribution in [2.45, 2.75) is 37.0 Å². The zero-order valence-corrected chi connectivity index (χ0v) is 12.2. The minimum atomic E-state index is -3.68. The van der Waals surface area contributed by atoms with Gasteiger partial charge in [-0.05, 0) is 38.9 Å². The smallest absolute Gasteiger partial charge is 0.287 e. The van der Waals surface area contributed by atoms with Gasteiger partial charge in [-0.3, -0.25) is 4.79 Å². The molecular formula is C12H18N2O5S. The number of amides is 1. The first kappa shape index (κ1) is 15.0. The van der Waals surface area contributed by atoms with E-state index in [1.165, 1.54) is 19.2 Å². The van der Waals surface area contributed by atoms with Crippen LogP contribution >= 0.6 is 0 Å². The minimum absolute atomic E-state index is 0.00516. The lowest BCUT2D eigenvalue weighted by atomic mass is 10.1. The van der Waals surface area contributed by atoms with Gasteiger partial charge in [0.05, 0.1) is 12.1 Å². The van der Waals surface area contributed by atoms with E-state index in [1.54, 1.807) is 0 Å². The Bertz CT molecular complexity index is 574. The molecule has 1 amide bonds. The van der Waals surface area contributed by atoms with Crippen molar-refractivity contribution in [3.63, 3.8) is 0 Å². The number of hydrogen-bond acceptors (Lipinski definition) is 5. The van der Waals surface area contributed by atoms with Crippen molar-refractivity contribution in [3.8, 4) is 0 Å². The SMILES string of the molecule is CNS(=O)(=O)c1ccc(C(=O)N[C@H](C)[C@H]2CCCO2)o1. The van der Waals surface area contributed by atoms with E-state index in [0.29, 0.717) is 6.61 Å². The summed E-state index contributed by atoms with van der Waals surface area (Å²) in [4.78, 5) is 12.0. The van der Waals surface area contributed by atoms with E-state index in [2.05, 4.69) is 10.0 Å². The number of nitrogens with one attached hydrogen (secondary N) is 2. The third-order valence-electron chi connectivity index (χ3n) is 3.22. The molecule has 1 fully saturated rings. The third-order valence-corrected chi connectivity index (χ3v) is 4.51.